The first-order valence-corrected chi connectivity index (χ1v) is 2.33. The molecule has 0 aliphatic carbocycles. The van der Waals surface area contributed by atoms with Crippen LogP contribution in [0.25, 0.3) is 0 Å². The number of alkyl halides is 1. The molecule has 0 aliphatic rings. The highest BCUT2D eigenvalue weighted by Crippen LogP contribution is 1.80. The molecule has 0 fully saturated rings. The van der Waals surface area contributed by atoms with E-state index in [4.69, 9.17) is 11.6 Å². The Morgan fingerprint density at radius 1 is 1.67 bits per heavy atom. The molecule has 2 N–H and O–H groups in total. The zero-order chi connectivity index (χ0) is 4.83. The van der Waals surface area contributed by atoms with Crippen molar-refractivity contribution in [2.75, 3.05) is 12.5 Å². The second kappa shape index (κ2) is 5.21. The van der Waals surface area contributed by atoms with E-state index in [1.165, 1.54) is 0 Å². The van der Waals surface area contributed by atoms with Crippen molar-refractivity contribution in [2.24, 2.45) is 5.90 Å². The van der Waals surface area contributed by atoms with Gasteiger partial charge in [-0.3, -0.25) is 0 Å². The lowest BCUT2D eigenvalue weighted by molar-refractivity contribution is 0.139. The zero-order valence-electron chi connectivity index (χ0n) is 3.48. The minimum Gasteiger partial charge on any atom is -0.305 e. The predicted molar refractivity (Wildman–Crippen MR) is 25.5 cm³/mol. The first kappa shape index (κ1) is 6.21. The van der Waals surface area contributed by atoms with Crippen LogP contribution in [0.15, 0.2) is 0 Å². The molecule has 0 aliphatic heterocycles. The van der Waals surface area contributed by atoms with Crippen LogP contribution in [0.3, 0.4) is 0 Å². The Morgan fingerprint density at radius 3 is 2.50 bits per heavy atom. The van der Waals surface area contributed by atoms with Gasteiger partial charge in [0.05, 0.1) is 6.61 Å². The van der Waals surface area contributed by atoms with E-state index in [9.17, 15) is 0 Å². The molecule has 2 nitrogen and oxygen atoms in total. The quantitative estimate of drug-likeness (QED) is 0.326. The molecule has 0 bridgehead atoms. The van der Waals surface area contributed by atoms with E-state index in [0.29, 0.717) is 12.5 Å². The van der Waals surface area contributed by atoms with Crippen LogP contribution in [0, 0.1) is 0 Å². The average Bonchev–Trinajstić information content (AvgIpc) is 1.61. The topological polar surface area (TPSA) is 35.2 Å². The number of rotatable bonds is 3. The molecule has 0 atom stereocenters. The van der Waals surface area contributed by atoms with Crippen LogP contribution < -0.4 is 5.90 Å². The third-order valence-electron chi connectivity index (χ3n) is 0.396. The summed E-state index contributed by atoms with van der Waals surface area (Å²) < 4.78 is 0. The molecule has 0 aromatic heterocycles. The monoisotopic (exact) mass is 109 g/mol. The SMILES string of the molecule is NOCCCCl. The van der Waals surface area contributed by atoms with Gasteiger partial charge in [-0.25, -0.2) is 5.90 Å². The molecule has 0 radical (unpaired) electrons. The second-order valence-electron chi connectivity index (χ2n) is 0.913. The highest BCUT2D eigenvalue weighted by Gasteiger charge is 1.77. The van der Waals surface area contributed by atoms with Crippen molar-refractivity contribution in [3.8, 4) is 0 Å². The molecule has 0 unspecified atom stereocenters. The van der Waals surface area contributed by atoms with Gasteiger partial charge in [-0.05, 0) is 6.42 Å². The summed E-state index contributed by atoms with van der Waals surface area (Å²) in [5.41, 5.74) is 0. The van der Waals surface area contributed by atoms with Crippen molar-refractivity contribution in [2.45, 2.75) is 6.42 Å². The number of hydrogen-bond acceptors (Lipinski definition) is 2. The Hall–Kier alpha value is 0.210. The van der Waals surface area contributed by atoms with Crippen LogP contribution in [0.1, 0.15) is 6.42 Å². The molecule has 6 heavy (non-hydrogen) atoms. The van der Waals surface area contributed by atoms with Gasteiger partial charge in [0.15, 0.2) is 0 Å². The maximum atomic E-state index is 5.24. The third kappa shape index (κ3) is 4.21. The Labute approximate surface area is 42.2 Å². The fraction of sp³-hybridized carbons (Fsp3) is 1.00. The summed E-state index contributed by atoms with van der Waals surface area (Å²) in [7, 11) is 0. The lowest BCUT2D eigenvalue weighted by atomic mass is 10.5. The van der Waals surface area contributed by atoms with E-state index in [1.54, 1.807) is 0 Å². The van der Waals surface area contributed by atoms with Crippen molar-refractivity contribution in [1.82, 2.24) is 0 Å². The molecular weight excluding hydrogens is 101 g/mol. The van der Waals surface area contributed by atoms with Gasteiger partial charge in [-0.15, -0.1) is 11.6 Å². The van der Waals surface area contributed by atoms with Gasteiger partial charge < -0.3 is 4.84 Å². The van der Waals surface area contributed by atoms with Gasteiger partial charge >= 0.3 is 0 Å². The second-order valence-corrected chi connectivity index (χ2v) is 1.29. The highest BCUT2D eigenvalue weighted by molar-refractivity contribution is 6.17. The molecule has 0 saturated heterocycles. The largest absolute Gasteiger partial charge is 0.305 e. The normalized spacial score (nSPS) is 9.00. The van der Waals surface area contributed by atoms with Crippen molar-refractivity contribution in [3.05, 3.63) is 0 Å². The number of halogens is 1. The van der Waals surface area contributed by atoms with Gasteiger partial charge in [0.2, 0.25) is 0 Å². The van der Waals surface area contributed by atoms with Gasteiger partial charge in [0, 0.05) is 5.88 Å². The zero-order valence-corrected chi connectivity index (χ0v) is 4.24. The number of nitrogens with two attached hydrogens (primary N) is 1. The molecule has 0 aromatic carbocycles. The van der Waals surface area contributed by atoms with Gasteiger partial charge in [0.25, 0.3) is 0 Å². The Morgan fingerprint density at radius 2 is 2.33 bits per heavy atom. The van der Waals surface area contributed by atoms with E-state index in [-0.39, 0.29) is 0 Å². The van der Waals surface area contributed by atoms with Gasteiger partial charge in [0.1, 0.15) is 0 Å². The van der Waals surface area contributed by atoms with E-state index in [0.717, 1.165) is 6.42 Å². The molecule has 0 aromatic rings. The summed E-state index contributed by atoms with van der Waals surface area (Å²) in [6.07, 6.45) is 0.831. The smallest absolute Gasteiger partial charge is 0.0690 e. The molecule has 0 amide bonds. The summed E-state index contributed by atoms with van der Waals surface area (Å²) in [4.78, 5) is 4.20. The van der Waals surface area contributed by atoms with E-state index in [1.807, 2.05) is 0 Å². The molecule has 38 valence electrons. The fourth-order valence-corrected chi connectivity index (χ4v) is 0.247. The lowest BCUT2D eigenvalue weighted by Crippen LogP contribution is -2.00. The molecule has 0 heterocycles. The standard InChI is InChI=1S/C3H8ClNO/c4-2-1-3-6-5/h1-3,5H2. The van der Waals surface area contributed by atoms with Gasteiger partial charge in [-0.2, -0.15) is 0 Å². The van der Waals surface area contributed by atoms with Crippen LogP contribution in [0.5, 0.6) is 0 Å². The summed E-state index contributed by atoms with van der Waals surface area (Å²) in [6.45, 7) is 0.559. The molecule has 3 heteroatoms. The lowest BCUT2D eigenvalue weighted by Gasteiger charge is -1.87. The molecule has 0 saturated carbocycles. The molecule has 0 spiro atoms. The summed E-state index contributed by atoms with van der Waals surface area (Å²) in [6, 6.07) is 0. The van der Waals surface area contributed by atoms with Crippen LogP contribution in [0.4, 0.5) is 0 Å². The summed E-state index contributed by atoms with van der Waals surface area (Å²) >= 11 is 5.24. The maximum absolute atomic E-state index is 5.24. The van der Waals surface area contributed by atoms with Crippen LogP contribution in [0.2, 0.25) is 0 Å². The molecular formula is C3H8ClNO. The van der Waals surface area contributed by atoms with Crippen LogP contribution in [-0.2, 0) is 4.84 Å². The predicted octanol–water partition coefficient (Wildman–Crippen LogP) is 0.506. The van der Waals surface area contributed by atoms with Gasteiger partial charge in [-0.1, -0.05) is 0 Å². The Kier molecular flexibility index (Phi) is 5.39. The van der Waals surface area contributed by atoms with Crippen LogP contribution in [-0.4, -0.2) is 12.5 Å². The first-order valence-electron chi connectivity index (χ1n) is 1.79. The summed E-state index contributed by atoms with van der Waals surface area (Å²) in [5.74, 6) is 5.28. The first-order chi connectivity index (χ1) is 2.91. The van der Waals surface area contributed by atoms with Crippen molar-refractivity contribution >= 4 is 11.6 Å². The van der Waals surface area contributed by atoms with Crippen molar-refractivity contribution < 1.29 is 4.84 Å². The highest BCUT2D eigenvalue weighted by atomic mass is 35.5. The fourth-order valence-electron chi connectivity index (χ4n) is 0.138. The minimum atomic E-state index is 0.559. The van der Waals surface area contributed by atoms with Crippen molar-refractivity contribution in [1.29, 1.82) is 0 Å². The number of hydrogen-bond donors (Lipinski definition) is 1. The van der Waals surface area contributed by atoms with E-state index >= 15 is 0 Å². The van der Waals surface area contributed by atoms with Crippen LogP contribution >= 0.6 is 11.6 Å². The third-order valence-corrected chi connectivity index (χ3v) is 0.663. The molecule has 0 rings (SSSR count). The van der Waals surface area contributed by atoms with E-state index in [2.05, 4.69) is 10.7 Å². The summed E-state index contributed by atoms with van der Waals surface area (Å²) in [5, 5.41) is 0. The Bertz CT molecular complexity index is 22.8. The Balaban J connectivity index is 2.34. The van der Waals surface area contributed by atoms with E-state index < -0.39 is 0 Å². The maximum Gasteiger partial charge on any atom is 0.0690 e. The average molecular weight is 110 g/mol. The van der Waals surface area contributed by atoms with Crippen molar-refractivity contribution in [3.63, 3.8) is 0 Å². The minimum absolute atomic E-state index is 0.559.